The number of nitrogens with zero attached hydrogens (tertiary/aromatic N) is 5. The molecule has 1 aliphatic heterocycles. The van der Waals surface area contributed by atoms with Crippen LogP contribution in [0.25, 0.3) is 11.5 Å². The Labute approximate surface area is 171 Å². The number of aromatic nitrogens is 3. The van der Waals surface area contributed by atoms with Crippen LogP contribution in [0.5, 0.6) is 5.75 Å². The molecule has 4 rings (SSSR count). The lowest BCUT2D eigenvalue weighted by molar-refractivity contribution is -0.0498. The van der Waals surface area contributed by atoms with E-state index >= 15 is 0 Å². The topological polar surface area (TPSA) is 59.6 Å². The molecule has 0 bridgehead atoms. The average Bonchev–Trinajstić information content (AvgIpc) is 3.10. The largest absolute Gasteiger partial charge is 0.435 e. The van der Waals surface area contributed by atoms with Crippen molar-refractivity contribution in [3.8, 4) is 17.2 Å². The van der Waals surface area contributed by atoms with Gasteiger partial charge >= 0.3 is 6.61 Å². The fourth-order valence-electron chi connectivity index (χ4n) is 3.14. The molecule has 29 heavy (non-hydrogen) atoms. The fourth-order valence-corrected chi connectivity index (χ4v) is 3.32. The molecule has 0 atom stereocenters. The Balaban J connectivity index is 1.38. The molecular formula is C19H19F2N5O2S. The predicted molar refractivity (Wildman–Crippen MR) is 105 cm³/mol. The lowest BCUT2D eigenvalue weighted by atomic mass is 10.2. The van der Waals surface area contributed by atoms with Crippen LogP contribution >= 0.6 is 12.2 Å². The van der Waals surface area contributed by atoms with Crippen LogP contribution in [0.4, 0.5) is 14.6 Å². The van der Waals surface area contributed by atoms with Crippen molar-refractivity contribution >= 4 is 18.0 Å². The highest BCUT2D eigenvalue weighted by atomic mass is 32.1. The molecule has 1 fully saturated rings. The third-order valence-electron chi connectivity index (χ3n) is 4.61. The van der Waals surface area contributed by atoms with E-state index in [1.807, 2.05) is 18.2 Å². The minimum absolute atomic E-state index is 0.0764. The normalized spacial score (nSPS) is 15.1. The molecule has 0 N–H and O–H groups in total. The van der Waals surface area contributed by atoms with E-state index in [0.717, 1.165) is 32.0 Å². The predicted octanol–water partition coefficient (Wildman–Crippen LogP) is 3.65. The minimum Gasteiger partial charge on any atom is -0.435 e. The van der Waals surface area contributed by atoms with Gasteiger partial charge in [-0.1, -0.05) is 6.07 Å². The number of piperazine rings is 1. The van der Waals surface area contributed by atoms with E-state index in [9.17, 15) is 8.78 Å². The number of ether oxygens (including phenoxy) is 1. The summed E-state index contributed by atoms with van der Waals surface area (Å²) in [5, 5.41) is 4.43. The molecule has 0 radical (unpaired) electrons. The maximum Gasteiger partial charge on any atom is 0.387 e. The van der Waals surface area contributed by atoms with Gasteiger partial charge in [0.1, 0.15) is 11.6 Å². The Morgan fingerprint density at radius 2 is 1.83 bits per heavy atom. The van der Waals surface area contributed by atoms with Gasteiger partial charge in [-0.2, -0.15) is 8.78 Å². The van der Waals surface area contributed by atoms with Gasteiger partial charge in [0, 0.05) is 37.9 Å². The second kappa shape index (κ2) is 8.66. The average molecular weight is 419 g/mol. The Morgan fingerprint density at radius 1 is 1.07 bits per heavy atom. The summed E-state index contributed by atoms with van der Waals surface area (Å²) in [6, 6.07) is 12.0. The summed E-state index contributed by atoms with van der Waals surface area (Å²) < 4.78 is 36.1. The second-order valence-electron chi connectivity index (χ2n) is 6.51. The number of anilines is 1. The third kappa shape index (κ3) is 4.77. The molecular weight excluding hydrogens is 400 g/mol. The molecule has 0 amide bonds. The molecule has 10 heteroatoms. The van der Waals surface area contributed by atoms with Crippen LogP contribution in [0.15, 0.2) is 53.1 Å². The van der Waals surface area contributed by atoms with Crippen molar-refractivity contribution in [2.45, 2.75) is 13.3 Å². The molecule has 1 aromatic carbocycles. The first-order valence-corrected chi connectivity index (χ1v) is 9.51. The van der Waals surface area contributed by atoms with Crippen molar-refractivity contribution in [2.24, 2.45) is 0 Å². The number of benzene rings is 1. The van der Waals surface area contributed by atoms with Crippen LogP contribution in [0, 0.1) is 4.84 Å². The Kier molecular flexibility index (Phi) is 5.81. The number of hydrogen-bond acceptors (Lipinski definition) is 7. The molecule has 1 aliphatic rings. The van der Waals surface area contributed by atoms with E-state index < -0.39 is 6.61 Å². The molecule has 0 aliphatic carbocycles. The van der Waals surface area contributed by atoms with Crippen LogP contribution in [0.3, 0.4) is 0 Å². The zero-order valence-corrected chi connectivity index (χ0v) is 16.3. The summed E-state index contributed by atoms with van der Waals surface area (Å²) in [6.07, 6.45) is 1.80. The van der Waals surface area contributed by atoms with Crippen molar-refractivity contribution in [3.63, 3.8) is 0 Å². The van der Waals surface area contributed by atoms with Gasteiger partial charge in [-0.25, -0.2) is 9.67 Å². The second-order valence-corrected chi connectivity index (χ2v) is 6.86. The van der Waals surface area contributed by atoms with Crippen molar-refractivity contribution in [1.82, 2.24) is 19.7 Å². The first-order valence-electron chi connectivity index (χ1n) is 9.10. The van der Waals surface area contributed by atoms with Gasteiger partial charge < -0.3 is 14.1 Å². The summed E-state index contributed by atoms with van der Waals surface area (Å²) in [5.74, 6) is 1.39. The molecule has 7 nitrogen and oxygen atoms in total. The van der Waals surface area contributed by atoms with E-state index in [-0.39, 0.29) is 10.6 Å². The van der Waals surface area contributed by atoms with E-state index in [4.69, 9.17) is 16.6 Å². The highest BCUT2D eigenvalue weighted by molar-refractivity contribution is 7.71. The smallest absolute Gasteiger partial charge is 0.387 e. The molecule has 0 saturated carbocycles. The Hall–Kier alpha value is -2.85. The van der Waals surface area contributed by atoms with Crippen LogP contribution in [-0.4, -0.2) is 52.5 Å². The first-order chi connectivity index (χ1) is 14.1. The maximum absolute atomic E-state index is 12.3. The van der Waals surface area contributed by atoms with Crippen LogP contribution < -0.4 is 9.64 Å². The van der Waals surface area contributed by atoms with Gasteiger partial charge in [-0.3, -0.25) is 4.90 Å². The van der Waals surface area contributed by atoms with Gasteiger partial charge in [0.2, 0.25) is 5.89 Å². The van der Waals surface area contributed by atoms with Gasteiger partial charge in [-0.15, -0.1) is 5.10 Å². The Bertz CT molecular complexity index is 986. The quantitative estimate of drug-likeness (QED) is 0.565. The van der Waals surface area contributed by atoms with Crippen molar-refractivity contribution < 1.29 is 17.9 Å². The van der Waals surface area contributed by atoms with E-state index in [1.165, 1.54) is 12.1 Å². The van der Waals surface area contributed by atoms with Gasteiger partial charge in [0.15, 0.2) is 0 Å². The highest BCUT2D eigenvalue weighted by Crippen LogP contribution is 2.22. The van der Waals surface area contributed by atoms with Gasteiger partial charge in [0.05, 0.1) is 6.67 Å². The number of halogens is 2. The molecule has 2 aromatic heterocycles. The number of pyridine rings is 1. The SMILES string of the molecule is FC(F)Oc1ccc(-c2nn(CN3CCN(c4ccccn4)CC3)c(=S)o2)cc1. The molecule has 1 saturated heterocycles. The maximum atomic E-state index is 12.3. The lowest BCUT2D eigenvalue weighted by Crippen LogP contribution is -2.47. The van der Waals surface area contributed by atoms with E-state index in [0.29, 0.717) is 18.1 Å². The van der Waals surface area contributed by atoms with Gasteiger partial charge in [-0.05, 0) is 48.6 Å². The number of rotatable bonds is 6. The number of alkyl halides is 2. The highest BCUT2D eigenvalue weighted by Gasteiger charge is 2.19. The van der Waals surface area contributed by atoms with Gasteiger partial charge in [0.25, 0.3) is 4.84 Å². The zero-order chi connectivity index (χ0) is 20.2. The van der Waals surface area contributed by atoms with Crippen molar-refractivity contribution in [2.75, 3.05) is 31.1 Å². The monoisotopic (exact) mass is 419 g/mol. The molecule has 3 heterocycles. The lowest BCUT2D eigenvalue weighted by Gasteiger charge is -2.34. The summed E-state index contributed by atoms with van der Waals surface area (Å²) in [5.41, 5.74) is 0.636. The first kappa shape index (κ1) is 19.5. The molecule has 0 unspecified atom stereocenters. The van der Waals surface area contributed by atoms with Crippen LogP contribution in [0.1, 0.15) is 0 Å². The number of hydrogen-bond donors (Lipinski definition) is 0. The summed E-state index contributed by atoms with van der Waals surface area (Å²) in [4.78, 5) is 9.14. The minimum atomic E-state index is -2.86. The molecule has 152 valence electrons. The van der Waals surface area contributed by atoms with E-state index in [1.54, 1.807) is 23.0 Å². The molecule has 3 aromatic rings. The summed E-state index contributed by atoms with van der Waals surface area (Å²) >= 11 is 5.29. The van der Waals surface area contributed by atoms with Crippen molar-refractivity contribution in [3.05, 3.63) is 53.5 Å². The Morgan fingerprint density at radius 3 is 2.48 bits per heavy atom. The third-order valence-corrected chi connectivity index (χ3v) is 4.91. The van der Waals surface area contributed by atoms with Crippen LogP contribution in [-0.2, 0) is 6.67 Å². The van der Waals surface area contributed by atoms with Crippen molar-refractivity contribution in [1.29, 1.82) is 0 Å². The van der Waals surface area contributed by atoms with Crippen LogP contribution in [0.2, 0.25) is 0 Å². The van der Waals surface area contributed by atoms with E-state index in [2.05, 4.69) is 24.6 Å². The fraction of sp³-hybridized carbons (Fsp3) is 0.316. The summed E-state index contributed by atoms with van der Waals surface area (Å²) in [6.45, 7) is 1.08. The summed E-state index contributed by atoms with van der Waals surface area (Å²) in [7, 11) is 0. The molecule has 0 spiro atoms. The standard InChI is InChI=1S/C19H19F2N5O2S/c20-18(21)27-15-6-4-14(5-7-15)17-23-26(19(29)28-17)13-24-9-11-25(12-10-24)16-3-1-2-8-22-16/h1-8,18H,9-13H2. The zero-order valence-electron chi connectivity index (χ0n) is 15.4.